The van der Waals surface area contributed by atoms with Crippen LogP contribution < -0.4 is 5.32 Å². The minimum atomic E-state index is 0.441. The molecule has 0 aliphatic heterocycles. The Bertz CT molecular complexity index is 525. The molecule has 6 heteroatoms. The van der Waals surface area contributed by atoms with Gasteiger partial charge in [-0.05, 0) is 19.9 Å². The maximum atomic E-state index is 4.46. The van der Waals surface area contributed by atoms with Crippen molar-refractivity contribution >= 4 is 0 Å². The fourth-order valence-corrected chi connectivity index (χ4v) is 1.95. The highest BCUT2D eigenvalue weighted by Crippen LogP contribution is 2.05. The summed E-state index contributed by atoms with van der Waals surface area (Å²) in [7, 11) is 0. The van der Waals surface area contributed by atoms with Crippen molar-refractivity contribution in [3.63, 3.8) is 0 Å². The van der Waals surface area contributed by atoms with Gasteiger partial charge in [0.05, 0.1) is 24.5 Å². The second-order valence-corrected chi connectivity index (χ2v) is 4.99. The van der Waals surface area contributed by atoms with Crippen LogP contribution in [0.25, 0.3) is 0 Å². The Balaban J connectivity index is 2.03. The Hall–Kier alpha value is -1.69. The van der Waals surface area contributed by atoms with Gasteiger partial charge in [0, 0.05) is 12.6 Å². The molecule has 2 rings (SSSR count). The molecule has 2 heterocycles. The normalized spacial score (nSPS) is 11.4. The molecule has 0 bridgehead atoms. The van der Waals surface area contributed by atoms with Crippen LogP contribution in [0.3, 0.4) is 0 Å². The highest BCUT2D eigenvalue weighted by Gasteiger charge is 2.07. The summed E-state index contributed by atoms with van der Waals surface area (Å²) in [5, 5.41) is 12.2. The lowest BCUT2D eigenvalue weighted by molar-refractivity contribution is 0.552. The minimum absolute atomic E-state index is 0.441. The van der Waals surface area contributed by atoms with Gasteiger partial charge in [-0.2, -0.15) is 10.2 Å². The summed E-state index contributed by atoms with van der Waals surface area (Å²) in [5.41, 5.74) is 2.20. The molecule has 6 nitrogen and oxygen atoms in total. The van der Waals surface area contributed by atoms with E-state index in [9.17, 15) is 0 Å². The monoisotopic (exact) mass is 262 g/mol. The van der Waals surface area contributed by atoms with Crippen molar-refractivity contribution in [2.24, 2.45) is 0 Å². The molecule has 0 fully saturated rings. The van der Waals surface area contributed by atoms with Gasteiger partial charge in [0.15, 0.2) is 5.82 Å². The van der Waals surface area contributed by atoms with E-state index in [-0.39, 0.29) is 0 Å². The quantitative estimate of drug-likeness (QED) is 0.853. The lowest BCUT2D eigenvalue weighted by Crippen LogP contribution is -2.22. The lowest BCUT2D eigenvalue weighted by Gasteiger charge is -2.05. The first kappa shape index (κ1) is 13.7. The minimum Gasteiger partial charge on any atom is -0.308 e. The molecule has 104 valence electrons. The third-order valence-electron chi connectivity index (χ3n) is 2.86. The number of aromatic nitrogens is 5. The van der Waals surface area contributed by atoms with Crippen LogP contribution in [-0.2, 0) is 19.6 Å². The first-order chi connectivity index (χ1) is 9.08. The Morgan fingerprint density at radius 3 is 2.79 bits per heavy atom. The number of nitrogens with one attached hydrogen (secondary N) is 1. The third kappa shape index (κ3) is 3.64. The molecule has 0 amide bonds. The maximum absolute atomic E-state index is 4.46. The molecular formula is C13H22N6. The molecule has 0 saturated heterocycles. The highest BCUT2D eigenvalue weighted by atomic mass is 15.4. The zero-order chi connectivity index (χ0) is 13.8. The molecule has 0 unspecified atom stereocenters. The van der Waals surface area contributed by atoms with Gasteiger partial charge in [-0.15, -0.1) is 0 Å². The van der Waals surface area contributed by atoms with Gasteiger partial charge >= 0.3 is 0 Å². The molecule has 0 spiro atoms. The Morgan fingerprint density at radius 2 is 2.11 bits per heavy atom. The molecule has 2 aromatic rings. The van der Waals surface area contributed by atoms with Crippen LogP contribution in [0, 0.1) is 6.92 Å². The largest absolute Gasteiger partial charge is 0.308 e. The molecule has 2 aromatic heterocycles. The zero-order valence-electron chi connectivity index (χ0n) is 12.1. The lowest BCUT2D eigenvalue weighted by atomic mass is 10.3. The van der Waals surface area contributed by atoms with Crippen LogP contribution in [0.4, 0.5) is 0 Å². The van der Waals surface area contributed by atoms with Gasteiger partial charge < -0.3 is 5.32 Å². The first-order valence-electron chi connectivity index (χ1n) is 6.73. The van der Waals surface area contributed by atoms with E-state index in [0.29, 0.717) is 19.1 Å². The van der Waals surface area contributed by atoms with E-state index in [0.717, 1.165) is 23.8 Å². The summed E-state index contributed by atoms with van der Waals surface area (Å²) in [4.78, 5) is 4.31. The summed E-state index contributed by atoms with van der Waals surface area (Å²) in [6.45, 7) is 10.6. The van der Waals surface area contributed by atoms with Gasteiger partial charge in [0.25, 0.3) is 0 Å². The number of hydrogen-bond donors (Lipinski definition) is 1. The fourth-order valence-electron chi connectivity index (χ4n) is 1.95. The van der Waals surface area contributed by atoms with Crippen molar-refractivity contribution in [1.29, 1.82) is 0 Å². The Labute approximate surface area is 113 Å². The van der Waals surface area contributed by atoms with Crippen LogP contribution in [0.1, 0.15) is 38.0 Å². The van der Waals surface area contributed by atoms with Crippen LogP contribution in [0.2, 0.25) is 0 Å². The molecule has 0 radical (unpaired) electrons. The van der Waals surface area contributed by atoms with Crippen LogP contribution >= 0.6 is 0 Å². The van der Waals surface area contributed by atoms with Crippen LogP contribution in [0.5, 0.6) is 0 Å². The molecule has 1 N–H and O–H groups in total. The molecule has 0 atom stereocenters. The van der Waals surface area contributed by atoms with E-state index in [4.69, 9.17) is 0 Å². The number of nitrogens with zero attached hydrogens (tertiary/aromatic N) is 5. The van der Waals surface area contributed by atoms with Crippen LogP contribution in [-0.4, -0.2) is 30.6 Å². The summed E-state index contributed by atoms with van der Waals surface area (Å²) in [6.07, 6.45) is 1.78. The zero-order valence-corrected chi connectivity index (χ0v) is 12.1. The molecule has 0 aliphatic rings. The van der Waals surface area contributed by atoms with E-state index in [1.807, 2.05) is 16.3 Å². The van der Waals surface area contributed by atoms with Crippen LogP contribution in [0.15, 0.2) is 12.4 Å². The van der Waals surface area contributed by atoms with E-state index >= 15 is 0 Å². The van der Waals surface area contributed by atoms with Gasteiger partial charge in [0.1, 0.15) is 6.33 Å². The van der Waals surface area contributed by atoms with Gasteiger partial charge in [-0.25, -0.2) is 9.67 Å². The van der Waals surface area contributed by atoms with Crippen molar-refractivity contribution in [2.75, 3.05) is 0 Å². The average molecular weight is 262 g/mol. The van der Waals surface area contributed by atoms with Crippen molar-refractivity contribution in [3.8, 4) is 0 Å². The standard InChI is InChI=1S/C13H22N6/c1-5-19-12(6-11(4)16-19)8-18-9-15-13(17-18)7-14-10(2)3/h6,9-10,14H,5,7-8H2,1-4H3. The van der Waals surface area contributed by atoms with Crippen molar-refractivity contribution < 1.29 is 0 Å². The fraction of sp³-hybridized carbons (Fsp3) is 0.615. The van der Waals surface area contributed by atoms with Crippen molar-refractivity contribution in [3.05, 3.63) is 29.6 Å². The number of hydrogen-bond acceptors (Lipinski definition) is 4. The molecule has 0 aromatic carbocycles. The van der Waals surface area contributed by atoms with Crippen molar-refractivity contribution in [1.82, 2.24) is 29.9 Å². The predicted molar refractivity (Wildman–Crippen MR) is 73.7 cm³/mol. The SMILES string of the molecule is CCn1nc(C)cc1Cn1cnc(CNC(C)C)n1. The summed E-state index contributed by atoms with van der Waals surface area (Å²) in [5.74, 6) is 0.827. The van der Waals surface area contributed by atoms with E-state index in [1.54, 1.807) is 6.33 Å². The van der Waals surface area contributed by atoms with Crippen molar-refractivity contribution in [2.45, 2.75) is 53.4 Å². The summed E-state index contributed by atoms with van der Waals surface area (Å²) < 4.78 is 3.86. The van der Waals surface area contributed by atoms with Gasteiger partial charge in [0.2, 0.25) is 0 Å². The predicted octanol–water partition coefficient (Wildman–Crippen LogP) is 1.35. The topological polar surface area (TPSA) is 60.6 Å². The second kappa shape index (κ2) is 5.97. The highest BCUT2D eigenvalue weighted by molar-refractivity contribution is 5.09. The van der Waals surface area contributed by atoms with Gasteiger partial charge in [-0.1, -0.05) is 13.8 Å². The van der Waals surface area contributed by atoms with E-state index < -0.39 is 0 Å². The van der Waals surface area contributed by atoms with Gasteiger partial charge in [-0.3, -0.25) is 4.68 Å². The molecular weight excluding hydrogens is 240 g/mol. The smallest absolute Gasteiger partial charge is 0.164 e. The third-order valence-corrected chi connectivity index (χ3v) is 2.86. The second-order valence-electron chi connectivity index (χ2n) is 4.99. The summed E-state index contributed by atoms with van der Waals surface area (Å²) in [6, 6.07) is 2.54. The number of rotatable bonds is 6. The Kier molecular flexibility index (Phi) is 4.31. The molecule has 0 saturated carbocycles. The summed E-state index contributed by atoms with van der Waals surface area (Å²) >= 11 is 0. The van der Waals surface area contributed by atoms with E-state index in [2.05, 4.69) is 47.3 Å². The molecule has 0 aliphatic carbocycles. The van der Waals surface area contributed by atoms with E-state index in [1.165, 1.54) is 0 Å². The first-order valence-corrected chi connectivity index (χ1v) is 6.73. The molecule has 19 heavy (non-hydrogen) atoms. The number of aryl methyl sites for hydroxylation is 2. The Morgan fingerprint density at radius 1 is 1.32 bits per heavy atom. The average Bonchev–Trinajstić information content (AvgIpc) is 2.94. The maximum Gasteiger partial charge on any atom is 0.164 e.